The third kappa shape index (κ3) is 3.16. The van der Waals surface area contributed by atoms with Crippen LogP contribution in [0, 0.1) is 0 Å². The predicted molar refractivity (Wildman–Crippen MR) is 71.4 cm³/mol. The van der Waals surface area contributed by atoms with Gasteiger partial charge < -0.3 is 5.73 Å². The van der Waals surface area contributed by atoms with E-state index in [9.17, 15) is 8.42 Å². The summed E-state index contributed by atoms with van der Waals surface area (Å²) in [6.45, 7) is 7.95. The van der Waals surface area contributed by atoms with Gasteiger partial charge in [0.15, 0.2) is 0 Å². The molecule has 1 aromatic heterocycles. The second kappa shape index (κ2) is 5.77. The van der Waals surface area contributed by atoms with E-state index in [1.54, 1.807) is 17.5 Å². The lowest BCUT2D eigenvalue weighted by Crippen LogP contribution is -2.36. The summed E-state index contributed by atoms with van der Waals surface area (Å²) < 4.78 is 26.4. The van der Waals surface area contributed by atoms with Crippen LogP contribution in [0.2, 0.25) is 0 Å². The van der Waals surface area contributed by atoms with Crippen LogP contribution in [0.25, 0.3) is 0 Å². The predicted octanol–water partition coefficient (Wildman–Crippen LogP) is 1.79. The number of rotatable bonds is 6. The van der Waals surface area contributed by atoms with E-state index in [0.717, 1.165) is 5.56 Å². The van der Waals surface area contributed by atoms with E-state index < -0.39 is 10.0 Å². The molecule has 4 nitrogen and oxygen atoms in total. The third-order valence-corrected chi connectivity index (χ3v) is 5.82. The van der Waals surface area contributed by atoms with E-state index in [1.807, 2.05) is 13.8 Å². The van der Waals surface area contributed by atoms with E-state index in [-0.39, 0.29) is 6.04 Å². The Balaban J connectivity index is 3.11. The maximum Gasteiger partial charge on any atom is 0.253 e. The van der Waals surface area contributed by atoms with Gasteiger partial charge in [-0.25, -0.2) is 8.42 Å². The first-order valence-electron chi connectivity index (χ1n) is 5.33. The maximum absolute atomic E-state index is 12.3. The Kier molecular flexibility index (Phi) is 4.88. The summed E-state index contributed by atoms with van der Waals surface area (Å²) >= 11 is 1.21. The summed E-state index contributed by atoms with van der Waals surface area (Å²) in [6, 6.07) is 1.54. The van der Waals surface area contributed by atoms with E-state index >= 15 is 0 Å². The molecule has 2 N–H and O–H groups in total. The van der Waals surface area contributed by atoms with Gasteiger partial charge in [0.05, 0.1) is 0 Å². The lowest BCUT2D eigenvalue weighted by atomic mass is 10.4. The molecule has 1 aromatic rings. The largest absolute Gasteiger partial charge is 0.326 e. The summed E-state index contributed by atoms with van der Waals surface area (Å²) in [5.74, 6) is 0. The molecule has 96 valence electrons. The van der Waals surface area contributed by atoms with Crippen molar-refractivity contribution in [3.05, 3.63) is 29.7 Å². The van der Waals surface area contributed by atoms with E-state index in [4.69, 9.17) is 5.73 Å². The number of sulfonamides is 1. The monoisotopic (exact) mass is 274 g/mol. The second-order valence-corrected chi connectivity index (χ2v) is 6.96. The van der Waals surface area contributed by atoms with Crippen LogP contribution in [-0.4, -0.2) is 25.3 Å². The molecule has 0 aliphatic heterocycles. The minimum atomic E-state index is -3.43. The van der Waals surface area contributed by atoms with Crippen LogP contribution in [0.1, 0.15) is 19.4 Å². The van der Waals surface area contributed by atoms with Crippen LogP contribution in [0.15, 0.2) is 28.3 Å². The molecule has 6 heteroatoms. The molecule has 0 saturated carbocycles. The molecule has 0 saturated heterocycles. The van der Waals surface area contributed by atoms with E-state index in [2.05, 4.69) is 6.58 Å². The van der Waals surface area contributed by atoms with Crippen molar-refractivity contribution < 1.29 is 8.42 Å². The second-order valence-electron chi connectivity index (χ2n) is 3.94. The van der Waals surface area contributed by atoms with Gasteiger partial charge in [0, 0.05) is 19.1 Å². The number of hydrogen-bond acceptors (Lipinski definition) is 4. The van der Waals surface area contributed by atoms with Gasteiger partial charge in [0.2, 0.25) is 0 Å². The zero-order chi connectivity index (χ0) is 13.1. The highest BCUT2D eigenvalue weighted by molar-refractivity contribution is 7.91. The van der Waals surface area contributed by atoms with Crippen molar-refractivity contribution in [1.82, 2.24) is 4.31 Å². The summed E-state index contributed by atoms with van der Waals surface area (Å²) in [5, 5.41) is 1.78. The van der Waals surface area contributed by atoms with Crippen molar-refractivity contribution in [1.29, 1.82) is 0 Å². The van der Waals surface area contributed by atoms with Crippen LogP contribution in [-0.2, 0) is 16.6 Å². The van der Waals surface area contributed by atoms with Gasteiger partial charge in [-0.1, -0.05) is 6.08 Å². The van der Waals surface area contributed by atoms with Gasteiger partial charge >= 0.3 is 0 Å². The fourth-order valence-corrected chi connectivity index (χ4v) is 4.38. The number of hydrogen-bond donors (Lipinski definition) is 1. The zero-order valence-corrected chi connectivity index (χ0v) is 11.7. The quantitative estimate of drug-likeness (QED) is 0.804. The SMILES string of the molecule is C=CCN(C(C)C)S(=O)(=O)c1cc(CN)cs1. The fraction of sp³-hybridized carbons (Fsp3) is 0.455. The van der Waals surface area contributed by atoms with Crippen molar-refractivity contribution in [3.63, 3.8) is 0 Å². The van der Waals surface area contributed by atoms with Crippen LogP contribution >= 0.6 is 11.3 Å². The molecular formula is C11H18N2O2S2. The van der Waals surface area contributed by atoms with Gasteiger partial charge in [-0.05, 0) is 30.9 Å². The molecule has 0 unspecified atom stereocenters. The first kappa shape index (κ1) is 14.4. The molecule has 0 fully saturated rings. The Morgan fingerprint density at radius 1 is 1.59 bits per heavy atom. The zero-order valence-electron chi connectivity index (χ0n) is 10.1. The number of nitrogens with zero attached hydrogens (tertiary/aromatic N) is 1. The van der Waals surface area contributed by atoms with Crippen molar-refractivity contribution in [2.45, 2.75) is 30.6 Å². The van der Waals surface area contributed by atoms with Crippen LogP contribution < -0.4 is 5.73 Å². The molecular weight excluding hydrogens is 256 g/mol. The van der Waals surface area contributed by atoms with Crippen LogP contribution in [0.4, 0.5) is 0 Å². The van der Waals surface area contributed by atoms with Gasteiger partial charge in [-0.15, -0.1) is 17.9 Å². The van der Waals surface area contributed by atoms with Gasteiger partial charge in [0.1, 0.15) is 4.21 Å². The van der Waals surface area contributed by atoms with Crippen molar-refractivity contribution in [2.75, 3.05) is 6.54 Å². The minimum Gasteiger partial charge on any atom is -0.326 e. The Morgan fingerprint density at radius 3 is 2.65 bits per heavy atom. The van der Waals surface area contributed by atoms with Crippen molar-refractivity contribution in [2.24, 2.45) is 5.73 Å². The Morgan fingerprint density at radius 2 is 2.24 bits per heavy atom. The Bertz CT molecular complexity index is 477. The standard InChI is InChI=1S/C11H18N2O2S2/c1-4-5-13(9(2)3)17(14,15)11-6-10(7-12)8-16-11/h4,6,8-9H,1,5,7,12H2,2-3H3. The first-order chi connectivity index (χ1) is 7.93. The highest BCUT2D eigenvalue weighted by atomic mass is 32.2. The van der Waals surface area contributed by atoms with Crippen LogP contribution in [0.5, 0.6) is 0 Å². The van der Waals surface area contributed by atoms with E-state index in [0.29, 0.717) is 17.3 Å². The molecule has 17 heavy (non-hydrogen) atoms. The molecule has 0 bridgehead atoms. The molecule has 0 spiro atoms. The Hall–Kier alpha value is -0.690. The number of thiophene rings is 1. The smallest absolute Gasteiger partial charge is 0.253 e. The molecule has 1 heterocycles. The van der Waals surface area contributed by atoms with Crippen molar-refractivity contribution in [3.8, 4) is 0 Å². The molecule has 0 aliphatic carbocycles. The topological polar surface area (TPSA) is 63.4 Å². The van der Waals surface area contributed by atoms with Gasteiger partial charge in [0.25, 0.3) is 10.0 Å². The summed E-state index contributed by atoms with van der Waals surface area (Å²) in [4.78, 5) is 0. The highest BCUT2D eigenvalue weighted by Gasteiger charge is 2.27. The lowest BCUT2D eigenvalue weighted by molar-refractivity contribution is 0.384. The first-order valence-corrected chi connectivity index (χ1v) is 7.65. The lowest BCUT2D eigenvalue weighted by Gasteiger charge is -2.23. The normalized spacial score (nSPS) is 12.3. The molecule has 0 aliphatic rings. The minimum absolute atomic E-state index is 0.0959. The summed E-state index contributed by atoms with van der Waals surface area (Å²) in [5.41, 5.74) is 6.33. The average molecular weight is 274 g/mol. The molecule has 1 rings (SSSR count). The van der Waals surface area contributed by atoms with Crippen LogP contribution in [0.3, 0.4) is 0 Å². The Labute approximate surface area is 107 Å². The summed E-state index contributed by atoms with van der Waals surface area (Å²) in [7, 11) is -3.43. The third-order valence-electron chi connectivity index (χ3n) is 2.31. The van der Waals surface area contributed by atoms with Gasteiger partial charge in [-0.3, -0.25) is 0 Å². The fourth-order valence-electron chi connectivity index (χ4n) is 1.42. The van der Waals surface area contributed by atoms with Gasteiger partial charge in [-0.2, -0.15) is 4.31 Å². The molecule has 0 radical (unpaired) electrons. The maximum atomic E-state index is 12.3. The average Bonchev–Trinajstić information content (AvgIpc) is 2.74. The number of nitrogens with two attached hydrogens (primary N) is 1. The molecule has 0 amide bonds. The molecule has 0 atom stereocenters. The van der Waals surface area contributed by atoms with Crippen molar-refractivity contribution >= 4 is 21.4 Å². The highest BCUT2D eigenvalue weighted by Crippen LogP contribution is 2.25. The molecule has 0 aromatic carbocycles. The van der Waals surface area contributed by atoms with E-state index in [1.165, 1.54) is 15.6 Å². The summed E-state index contributed by atoms with van der Waals surface area (Å²) in [6.07, 6.45) is 1.59.